The second kappa shape index (κ2) is 9.11. The van der Waals surface area contributed by atoms with Gasteiger partial charge in [-0.1, -0.05) is 20.8 Å². The minimum Gasteiger partial charge on any atom is -0.381 e. The van der Waals surface area contributed by atoms with Crippen LogP contribution >= 0.6 is 0 Å². The number of hydrogen-bond acceptors (Lipinski definition) is 3. The second-order valence-corrected chi connectivity index (χ2v) is 4.49. The van der Waals surface area contributed by atoms with Gasteiger partial charge in [0.15, 0.2) is 0 Å². The minimum absolute atomic E-state index is 0.348. The maximum atomic E-state index is 5.59. The summed E-state index contributed by atoms with van der Waals surface area (Å²) in [6.45, 7) is 10.1. The number of ether oxygens (including phenoxy) is 1. The molecule has 1 aromatic heterocycles. The van der Waals surface area contributed by atoms with Crippen molar-refractivity contribution in [2.24, 2.45) is 0 Å². The lowest BCUT2D eigenvalue weighted by Crippen LogP contribution is -2.25. The molecule has 0 amide bonds. The molecule has 1 heterocycles. The van der Waals surface area contributed by atoms with Crippen LogP contribution in [0.15, 0.2) is 12.3 Å². The predicted molar refractivity (Wildman–Crippen MR) is 74.7 cm³/mol. The Balaban J connectivity index is 2.56. The van der Waals surface area contributed by atoms with Gasteiger partial charge in [-0.05, 0) is 31.9 Å². The van der Waals surface area contributed by atoms with Crippen LogP contribution in [0.4, 0.5) is 0 Å². The van der Waals surface area contributed by atoms with Crippen LogP contribution in [0.1, 0.15) is 51.8 Å². The maximum absolute atomic E-state index is 5.59. The Morgan fingerprint density at radius 2 is 2.11 bits per heavy atom. The topological polar surface area (TPSA) is 39.1 Å². The van der Waals surface area contributed by atoms with Crippen molar-refractivity contribution in [2.75, 3.05) is 19.8 Å². The molecule has 0 bridgehead atoms. The first-order chi connectivity index (χ1) is 8.83. The SMILES string of the molecule is CCCOCCC(NCC)c1ccnn1CCC. The summed E-state index contributed by atoms with van der Waals surface area (Å²) in [6, 6.07) is 2.46. The monoisotopic (exact) mass is 253 g/mol. The van der Waals surface area contributed by atoms with Gasteiger partial charge in [0.05, 0.1) is 11.7 Å². The van der Waals surface area contributed by atoms with Gasteiger partial charge >= 0.3 is 0 Å². The van der Waals surface area contributed by atoms with Gasteiger partial charge in [-0.25, -0.2) is 0 Å². The summed E-state index contributed by atoms with van der Waals surface area (Å²) in [5.74, 6) is 0. The van der Waals surface area contributed by atoms with Gasteiger partial charge in [0, 0.05) is 26.0 Å². The van der Waals surface area contributed by atoms with Crippen LogP contribution in [-0.4, -0.2) is 29.5 Å². The van der Waals surface area contributed by atoms with Crippen molar-refractivity contribution in [3.05, 3.63) is 18.0 Å². The van der Waals surface area contributed by atoms with E-state index in [9.17, 15) is 0 Å². The number of rotatable bonds is 10. The van der Waals surface area contributed by atoms with Crippen molar-refractivity contribution in [3.8, 4) is 0 Å². The van der Waals surface area contributed by atoms with Crippen LogP contribution in [0, 0.1) is 0 Å². The average molecular weight is 253 g/mol. The van der Waals surface area contributed by atoms with E-state index in [-0.39, 0.29) is 0 Å². The number of hydrogen-bond donors (Lipinski definition) is 1. The van der Waals surface area contributed by atoms with Gasteiger partial charge in [0.25, 0.3) is 0 Å². The van der Waals surface area contributed by atoms with Crippen molar-refractivity contribution in [2.45, 2.75) is 52.6 Å². The molecule has 0 aliphatic rings. The summed E-state index contributed by atoms with van der Waals surface area (Å²) < 4.78 is 7.69. The summed E-state index contributed by atoms with van der Waals surface area (Å²) in [5, 5.41) is 7.91. The fraction of sp³-hybridized carbons (Fsp3) is 0.786. The Bertz CT molecular complexity index is 312. The van der Waals surface area contributed by atoms with E-state index < -0.39 is 0 Å². The summed E-state index contributed by atoms with van der Waals surface area (Å²) in [6.07, 6.45) is 5.09. The Kier molecular flexibility index (Phi) is 7.69. The molecule has 0 spiro atoms. The average Bonchev–Trinajstić information content (AvgIpc) is 2.82. The molecule has 1 atom stereocenters. The molecule has 0 aromatic carbocycles. The third-order valence-electron chi connectivity index (χ3n) is 2.89. The first kappa shape index (κ1) is 15.2. The van der Waals surface area contributed by atoms with Crippen LogP contribution in [0.25, 0.3) is 0 Å². The molecule has 18 heavy (non-hydrogen) atoms. The standard InChI is InChI=1S/C14H27N3O/c1-4-10-17-14(7-9-16-17)13(15-6-3)8-12-18-11-5-2/h7,9,13,15H,4-6,8,10-12H2,1-3H3. The van der Waals surface area contributed by atoms with Crippen LogP contribution in [0.5, 0.6) is 0 Å². The molecule has 0 aliphatic carbocycles. The van der Waals surface area contributed by atoms with Crippen LogP contribution in [0.3, 0.4) is 0 Å². The molecule has 4 nitrogen and oxygen atoms in total. The van der Waals surface area contributed by atoms with E-state index in [0.29, 0.717) is 6.04 Å². The Labute approximate surface area is 111 Å². The third-order valence-corrected chi connectivity index (χ3v) is 2.89. The van der Waals surface area contributed by atoms with Gasteiger partial charge in [-0.3, -0.25) is 4.68 Å². The molecule has 4 heteroatoms. The Morgan fingerprint density at radius 1 is 1.28 bits per heavy atom. The summed E-state index contributed by atoms with van der Waals surface area (Å²) in [7, 11) is 0. The van der Waals surface area contributed by atoms with Crippen LogP contribution in [0.2, 0.25) is 0 Å². The predicted octanol–water partition coefficient (Wildman–Crippen LogP) is 2.76. The zero-order valence-corrected chi connectivity index (χ0v) is 12.0. The molecule has 0 fully saturated rings. The lowest BCUT2D eigenvalue weighted by molar-refractivity contribution is 0.124. The van der Waals surface area contributed by atoms with Gasteiger partial charge in [-0.2, -0.15) is 5.10 Å². The largest absolute Gasteiger partial charge is 0.381 e. The second-order valence-electron chi connectivity index (χ2n) is 4.49. The molecule has 1 aromatic rings. The zero-order valence-electron chi connectivity index (χ0n) is 12.0. The van der Waals surface area contributed by atoms with Crippen molar-refractivity contribution in [1.82, 2.24) is 15.1 Å². The van der Waals surface area contributed by atoms with E-state index in [1.54, 1.807) is 0 Å². The summed E-state index contributed by atoms with van der Waals surface area (Å²) >= 11 is 0. The van der Waals surface area contributed by atoms with E-state index >= 15 is 0 Å². The normalized spacial score (nSPS) is 12.8. The van der Waals surface area contributed by atoms with E-state index in [0.717, 1.165) is 45.6 Å². The summed E-state index contributed by atoms with van der Waals surface area (Å²) in [4.78, 5) is 0. The number of nitrogens with zero attached hydrogens (tertiary/aromatic N) is 2. The first-order valence-corrected chi connectivity index (χ1v) is 7.16. The van der Waals surface area contributed by atoms with Crippen molar-refractivity contribution in [1.29, 1.82) is 0 Å². The van der Waals surface area contributed by atoms with E-state index in [1.807, 2.05) is 6.20 Å². The number of aryl methyl sites for hydroxylation is 1. The maximum Gasteiger partial charge on any atom is 0.0554 e. The fourth-order valence-corrected chi connectivity index (χ4v) is 2.09. The quantitative estimate of drug-likeness (QED) is 0.652. The highest BCUT2D eigenvalue weighted by Gasteiger charge is 2.14. The molecule has 0 saturated carbocycles. The van der Waals surface area contributed by atoms with Crippen LogP contribution < -0.4 is 5.32 Å². The first-order valence-electron chi connectivity index (χ1n) is 7.16. The lowest BCUT2D eigenvalue weighted by Gasteiger charge is -2.19. The van der Waals surface area contributed by atoms with E-state index in [4.69, 9.17) is 4.74 Å². The molecule has 1 N–H and O–H groups in total. The molecule has 1 rings (SSSR count). The zero-order chi connectivity index (χ0) is 13.2. The molecular formula is C14H27N3O. The van der Waals surface area contributed by atoms with Gasteiger partial charge in [-0.15, -0.1) is 0 Å². The Hall–Kier alpha value is -0.870. The molecule has 0 aliphatic heterocycles. The van der Waals surface area contributed by atoms with Crippen molar-refractivity contribution in [3.63, 3.8) is 0 Å². The highest BCUT2D eigenvalue weighted by atomic mass is 16.5. The third kappa shape index (κ3) is 4.78. The summed E-state index contributed by atoms with van der Waals surface area (Å²) in [5.41, 5.74) is 1.28. The van der Waals surface area contributed by atoms with Gasteiger partial charge < -0.3 is 10.1 Å². The van der Waals surface area contributed by atoms with Crippen LogP contribution in [-0.2, 0) is 11.3 Å². The smallest absolute Gasteiger partial charge is 0.0554 e. The fourth-order valence-electron chi connectivity index (χ4n) is 2.09. The molecule has 1 unspecified atom stereocenters. The Morgan fingerprint density at radius 3 is 2.78 bits per heavy atom. The molecule has 104 valence electrons. The highest BCUT2D eigenvalue weighted by molar-refractivity contribution is 5.07. The van der Waals surface area contributed by atoms with Crippen molar-refractivity contribution < 1.29 is 4.74 Å². The highest BCUT2D eigenvalue weighted by Crippen LogP contribution is 2.17. The van der Waals surface area contributed by atoms with Gasteiger partial charge in [0.2, 0.25) is 0 Å². The van der Waals surface area contributed by atoms with Gasteiger partial charge in [0.1, 0.15) is 0 Å². The van der Waals surface area contributed by atoms with Crippen molar-refractivity contribution >= 4 is 0 Å². The minimum atomic E-state index is 0.348. The number of aromatic nitrogens is 2. The molecule has 0 saturated heterocycles. The lowest BCUT2D eigenvalue weighted by atomic mass is 10.1. The molecule has 0 radical (unpaired) electrons. The number of nitrogens with one attached hydrogen (secondary N) is 1. The molecular weight excluding hydrogens is 226 g/mol. The van der Waals surface area contributed by atoms with E-state index in [2.05, 4.69) is 41.9 Å². The van der Waals surface area contributed by atoms with E-state index in [1.165, 1.54) is 5.69 Å².